The largest absolute Gasteiger partial charge is 0.346 e. The number of nitrogens with one attached hydrogen (secondary N) is 2. The Hall–Kier alpha value is -1.68. The molecule has 160 valence electrons. The van der Waals surface area contributed by atoms with Crippen molar-refractivity contribution in [2.45, 2.75) is 72.1 Å². The van der Waals surface area contributed by atoms with Gasteiger partial charge in [-0.15, -0.1) is 0 Å². The van der Waals surface area contributed by atoms with Crippen LogP contribution in [-0.2, 0) is 13.1 Å². The minimum atomic E-state index is -0.345. The van der Waals surface area contributed by atoms with Crippen LogP contribution in [0.3, 0.4) is 0 Å². The lowest BCUT2D eigenvalue weighted by atomic mass is 10.1. The summed E-state index contributed by atoms with van der Waals surface area (Å²) in [6, 6.07) is 0. The summed E-state index contributed by atoms with van der Waals surface area (Å²) in [5.41, 5.74) is 0.268. The van der Waals surface area contributed by atoms with Gasteiger partial charge in [0, 0.05) is 24.2 Å². The summed E-state index contributed by atoms with van der Waals surface area (Å²) in [5, 5.41) is 14.5. The van der Waals surface area contributed by atoms with Crippen LogP contribution < -0.4 is 10.6 Å². The molecule has 29 heavy (non-hydrogen) atoms. The number of carbonyl (C=O) groups excluding carboxylic acids is 2. The first-order valence-electron chi connectivity index (χ1n) is 9.36. The van der Waals surface area contributed by atoms with Crippen molar-refractivity contribution in [2.75, 3.05) is 0 Å². The summed E-state index contributed by atoms with van der Waals surface area (Å²) >= 11 is 6.81. The number of hydrogen-bond donors (Lipinski definition) is 2. The maximum Gasteiger partial charge on any atom is 0.271 e. The van der Waals surface area contributed by atoms with Gasteiger partial charge >= 0.3 is 0 Å². The van der Waals surface area contributed by atoms with Gasteiger partial charge in [-0.1, -0.05) is 0 Å². The van der Waals surface area contributed by atoms with Crippen molar-refractivity contribution < 1.29 is 9.59 Å². The zero-order valence-corrected chi connectivity index (χ0v) is 20.8. The van der Waals surface area contributed by atoms with Gasteiger partial charge < -0.3 is 10.6 Å². The van der Waals surface area contributed by atoms with E-state index in [0.717, 1.165) is 0 Å². The van der Waals surface area contributed by atoms with Gasteiger partial charge in [0.2, 0.25) is 0 Å². The minimum Gasteiger partial charge on any atom is -0.346 e. The van der Waals surface area contributed by atoms with Crippen molar-refractivity contribution in [3.8, 4) is 0 Å². The van der Waals surface area contributed by atoms with Crippen LogP contribution in [0.5, 0.6) is 0 Å². The molecule has 0 aliphatic carbocycles. The Morgan fingerprint density at radius 1 is 0.828 bits per heavy atom. The molecule has 10 heteroatoms. The predicted molar refractivity (Wildman–Crippen MR) is 119 cm³/mol. The van der Waals surface area contributed by atoms with Gasteiger partial charge in [-0.25, -0.2) is 0 Å². The first kappa shape index (κ1) is 23.6. The fourth-order valence-electron chi connectivity index (χ4n) is 2.69. The van der Waals surface area contributed by atoms with Gasteiger partial charge in [-0.05, 0) is 79.8 Å². The molecular formula is C19H28Br2N6O2. The number of rotatable bonds is 6. The van der Waals surface area contributed by atoms with E-state index in [1.54, 1.807) is 21.8 Å². The van der Waals surface area contributed by atoms with E-state index in [-0.39, 0.29) is 22.9 Å². The Labute approximate surface area is 188 Å². The molecule has 2 aromatic heterocycles. The smallest absolute Gasteiger partial charge is 0.271 e. The molecule has 2 N–H and O–H groups in total. The fraction of sp³-hybridized carbons (Fsp3) is 0.579. The molecule has 0 bridgehead atoms. The lowest BCUT2D eigenvalue weighted by Crippen LogP contribution is -2.41. The molecule has 0 fully saturated rings. The molecule has 0 saturated carbocycles. The summed E-state index contributed by atoms with van der Waals surface area (Å²) in [7, 11) is 0. The van der Waals surface area contributed by atoms with E-state index in [1.165, 1.54) is 0 Å². The fourth-order valence-corrected chi connectivity index (χ4v) is 3.64. The summed E-state index contributed by atoms with van der Waals surface area (Å²) in [6.45, 7) is 12.6. The van der Waals surface area contributed by atoms with Crippen LogP contribution in [0.2, 0.25) is 0 Å². The highest BCUT2D eigenvalue weighted by atomic mass is 79.9. The van der Waals surface area contributed by atoms with Crippen molar-refractivity contribution in [1.29, 1.82) is 0 Å². The zero-order valence-electron chi connectivity index (χ0n) is 17.6. The van der Waals surface area contributed by atoms with E-state index >= 15 is 0 Å². The summed E-state index contributed by atoms with van der Waals surface area (Å²) in [5.74, 6) is -0.372. The van der Waals surface area contributed by atoms with Crippen molar-refractivity contribution in [3.63, 3.8) is 0 Å². The Morgan fingerprint density at radius 2 is 1.17 bits per heavy atom. The molecule has 0 atom stereocenters. The number of carbonyl (C=O) groups is 2. The summed E-state index contributed by atoms with van der Waals surface area (Å²) in [4.78, 5) is 25.2. The van der Waals surface area contributed by atoms with Crippen LogP contribution in [-0.4, -0.2) is 42.5 Å². The van der Waals surface area contributed by atoms with Gasteiger partial charge in [0.1, 0.15) is 11.4 Å². The molecule has 8 nitrogen and oxygen atoms in total. The molecule has 2 amide bonds. The van der Waals surface area contributed by atoms with Gasteiger partial charge in [0.25, 0.3) is 11.8 Å². The third-order valence-electron chi connectivity index (χ3n) is 3.74. The Bertz CT molecular complexity index is 817. The van der Waals surface area contributed by atoms with Crippen molar-refractivity contribution in [2.24, 2.45) is 0 Å². The van der Waals surface area contributed by atoms with E-state index < -0.39 is 0 Å². The average Bonchev–Trinajstić information content (AvgIpc) is 3.07. The molecule has 2 rings (SSSR count). The first-order valence-corrected chi connectivity index (χ1v) is 10.9. The monoisotopic (exact) mass is 530 g/mol. The highest BCUT2D eigenvalue weighted by Crippen LogP contribution is 2.19. The van der Waals surface area contributed by atoms with Crippen molar-refractivity contribution >= 4 is 43.7 Å². The second-order valence-electron chi connectivity index (χ2n) is 8.89. The number of aromatic nitrogens is 4. The Morgan fingerprint density at radius 3 is 1.48 bits per heavy atom. The van der Waals surface area contributed by atoms with Crippen LogP contribution in [0.25, 0.3) is 0 Å². The molecular weight excluding hydrogens is 504 g/mol. The van der Waals surface area contributed by atoms with Crippen molar-refractivity contribution in [3.05, 3.63) is 32.7 Å². The molecule has 0 unspecified atom stereocenters. The van der Waals surface area contributed by atoms with Gasteiger partial charge in [-0.3, -0.25) is 19.0 Å². The average molecular weight is 532 g/mol. The molecule has 0 aliphatic heterocycles. The van der Waals surface area contributed by atoms with Gasteiger partial charge in [0.15, 0.2) is 0 Å². The normalized spacial score (nSPS) is 12.1. The van der Waals surface area contributed by atoms with E-state index in [0.29, 0.717) is 39.8 Å². The van der Waals surface area contributed by atoms with E-state index in [4.69, 9.17) is 0 Å². The molecule has 0 aromatic carbocycles. The van der Waals surface area contributed by atoms with Gasteiger partial charge in [0.05, 0.1) is 21.3 Å². The Kier molecular flexibility index (Phi) is 7.32. The molecule has 0 spiro atoms. The third-order valence-corrected chi connectivity index (χ3v) is 4.90. The maximum atomic E-state index is 12.6. The van der Waals surface area contributed by atoms with Crippen LogP contribution in [0.1, 0.15) is 68.9 Å². The SMILES string of the molecule is CC(C)(C)NC(=O)c1c(Br)cnn1CCCn1ncc(Br)c1C(=O)NC(C)(C)C. The molecule has 0 aliphatic rings. The number of hydrogen-bond acceptors (Lipinski definition) is 4. The zero-order chi connectivity index (χ0) is 22.0. The number of nitrogens with zero attached hydrogens (tertiary/aromatic N) is 4. The second kappa shape index (κ2) is 8.99. The number of aryl methyl sites for hydroxylation is 2. The lowest BCUT2D eigenvalue weighted by Gasteiger charge is -2.21. The molecule has 2 aromatic rings. The standard InChI is InChI=1S/C19H28Br2N6O2/c1-18(2,3)24-16(28)14-12(20)10-22-26(14)8-7-9-27-15(13(21)11-23-27)17(29)25-19(4,5)6/h10-11H,7-9H2,1-6H3,(H,24,28)(H,25,29). The van der Waals surface area contributed by atoms with Crippen molar-refractivity contribution in [1.82, 2.24) is 30.2 Å². The van der Waals surface area contributed by atoms with Crippen LogP contribution >= 0.6 is 31.9 Å². The second-order valence-corrected chi connectivity index (χ2v) is 10.6. The highest BCUT2D eigenvalue weighted by molar-refractivity contribution is 9.10. The van der Waals surface area contributed by atoms with Gasteiger partial charge in [-0.2, -0.15) is 10.2 Å². The van der Waals surface area contributed by atoms with Crippen LogP contribution in [0, 0.1) is 0 Å². The topological polar surface area (TPSA) is 93.8 Å². The molecule has 0 saturated heterocycles. The van der Waals surface area contributed by atoms with E-state index in [2.05, 4.69) is 52.7 Å². The molecule has 0 radical (unpaired) electrons. The van der Waals surface area contributed by atoms with Crippen LogP contribution in [0.15, 0.2) is 21.3 Å². The lowest BCUT2D eigenvalue weighted by molar-refractivity contribution is 0.0899. The number of halogens is 2. The summed E-state index contributed by atoms with van der Waals surface area (Å²) in [6.07, 6.45) is 3.88. The highest BCUT2D eigenvalue weighted by Gasteiger charge is 2.23. The predicted octanol–water partition coefficient (Wildman–Crippen LogP) is 3.75. The van der Waals surface area contributed by atoms with E-state index in [1.807, 2.05) is 41.5 Å². The minimum absolute atomic E-state index is 0.186. The first-order chi connectivity index (χ1) is 13.3. The third kappa shape index (κ3) is 6.67. The van der Waals surface area contributed by atoms with E-state index in [9.17, 15) is 9.59 Å². The van der Waals surface area contributed by atoms with Crippen LogP contribution in [0.4, 0.5) is 0 Å². The maximum absolute atomic E-state index is 12.6. The summed E-state index contributed by atoms with van der Waals surface area (Å²) < 4.78 is 4.62. The number of amides is 2. The Balaban J connectivity index is 2.09. The quantitative estimate of drug-likeness (QED) is 0.593. The molecule has 2 heterocycles.